The molecule has 0 N–H and O–H groups in total. The number of hydrogen-bond acceptors (Lipinski definition) is 7. The van der Waals surface area contributed by atoms with Gasteiger partial charge >= 0.3 is 17.8 Å². The van der Waals surface area contributed by atoms with E-state index in [1.807, 2.05) is 0 Å². The number of rotatable bonds is 6. The molecule has 0 bridgehead atoms. The number of carbonyl (C=O) groups is 1. The Morgan fingerprint density at radius 2 is 1.86 bits per heavy atom. The molecular weight excluding hydrogens is 502 g/mol. The van der Waals surface area contributed by atoms with Crippen molar-refractivity contribution in [3.8, 4) is 23.1 Å². The monoisotopic (exact) mass is 517 g/mol. The number of halogens is 5. The number of hydrogen-bond donors (Lipinski definition) is 0. The van der Waals surface area contributed by atoms with Gasteiger partial charge in [-0.15, -0.1) is 0 Å². The third kappa shape index (κ3) is 5.29. The van der Waals surface area contributed by atoms with Gasteiger partial charge in [0.1, 0.15) is 17.3 Å². The number of benzene rings is 1. The van der Waals surface area contributed by atoms with Gasteiger partial charge in [0.25, 0.3) is 11.4 Å². The molecule has 14 heteroatoms. The zero-order valence-corrected chi connectivity index (χ0v) is 19.0. The van der Waals surface area contributed by atoms with E-state index in [2.05, 4.69) is 9.72 Å². The molecule has 186 valence electrons. The second-order valence-corrected chi connectivity index (χ2v) is 7.38. The highest BCUT2D eigenvalue weighted by atomic mass is 35.5. The average molecular weight is 518 g/mol. The van der Waals surface area contributed by atoms with Crippen LogP contribution in [0, 0.1) is 5.82 Å². The molecule has 2 aromatic heterocycles. The summed E-state index contributed by atoms with van der Waals surface area (Å²) in [4.78, 5) is 40.5. The van der Waals surface area contributed by atoms with Crippen molar-refractivity contribution < 1.29 is 36.6 Å². The van der Waals surface area contributed by atoms with Crippen LogP contribution in [0.15, 0.2) is 46.1 Å². The van der Waals surface area contributed by atoms with Crippen LogP contribution in [-0.4, -0.2) is 33.3 Å². The average Bonchev–Trinajstić information content (AvgIpc) is 2.78. The largest absolute Gasteiger partial charge is 0.466 e. The van der Waals surface area contributed by atoms with Crippen LogP contribution in [0.25, 0.3) is 5.69 Å². The minimum atomic E-state index is -4.99. The zero-order chi connectivity index (χ0) is 26.1. The molecule has 0 fully saturated rings. The molecule has 3 aromatic rings. The summed E-state index contributed by atoms with van der Waals surface area (Å²) >= 11 is 6.05. The first-order chi connectivity index (χ1) is 16.3. The van der Waals surface area contributed by atoms with Gasteiger partial charge in [0.2, 0.25) is 0 Å². The molecular formula is C21H16ClF4N3O6. The van der Waals surface area contributed by atoms with Crippen molar-refractivity contribution >= 4 is 17.6 Å². The first-order valence-corrected chi connectivity index (χ1v) is 10.00. The Morgan fingerprint density at radius 1 is 1.17 bits per heavy atom. The highest BCUT2D eigenvalue weighted by molar-refractivity contribution is 6.32. The van der Waals surface area contributed by atoms with Crippen LogP contribution in [0.4, 0.5) is 17.6 Å². The van der Waals surface area contributed by atoms with Crippen molar-refractivity contribution in [1.82, 2.24) is 14.1 Å². The fourth-order valence-corrected chi connectivity index (χ4v) is 3.12. The molecule has 0 aliphatic carbocycles. The number of esters is 1. The maximum Gasteiger partial charge on any atom is 0.431 e. The number of carbonyl (C=O) groups excluding carboxylic acids is 1. The summed E-state index contributed by atoms with van der Waals surface area (Å²) in [6.07, 6.45) is -4.74. The van der Waals surface area contributed by atoms with Crippen molar-refractivity contribution in [3.05, 3.63) is 73.9 Å². The Kier molecular flexibility index (Phi) is 7.19. The van der Waals surface area contributed by atoms with Crippen molar-refractivity contribution in [3.63, 3.8) is 0 Å². The number of nitrogens with zero attached hydrogens (tertiary/aromatic N) is 3. The van der Waals surface area contributed by atoms with E-state index in [9.17, 15) is 31.9 Å². The van der Waals surface area contributed by atoms with Crippen molar-refractivity contribution in [2.75, 3.05) is 7.11 Å². The van der Waals surface area contributed by atoms with Gasteiger partial charge in [0, 0.05) is 25.4 Å². The van der Waals surface area contributed by atoms with Gasteiger partial charge in [-0.25, -0.2) is 23.5 Å². The molecule has 1 atom stereocenters. The van der Waals surface area contributed by atoms with E-state index in [1.54, 1.807) is 0 Å². The van der Waals surface area contributed by atoms with Crippen LogP contribution in [-0.2, 0) is 22.8 Å². The Hall–Kier alpha value is -3.87. The summed E-state index contributed by atoms with van der Waals surface area (Å²) in [5, 5.41) is -0.307. The minimum Gasteiger partial charge on any atom is -0.466 e. The lowest BCUT2D eigenvalue weighted by molar-refractivity contribution is -0.148. The normalized spacial score (nSPS) is 12.2. The van der Waals surface area contributed by atoms with Gasteiger partial charge in [-0.05, 0) is 25.1 Å². The summed E-state index contributed by atoms with van der Waals surface area (Å²) < 4.78 is 70.0. The van der Waals surface area contributed by atoms with Crippen molar-refractivity contribution in [2.45, 2.75) is 19.2 Å². The fraction of sp³-hybridized carbons (Fsp3) is 0.238. The quantitative estimate of drug-likeness (QED) is 0.364. The molecule has 3 rings (SSSR count). The second kappa shape index (κ2) is 9.78. The lowest BCUT2D eigenvalue weighted by atomic mass is 10.2. The smallest absolute Gasteiger partial charge is 0.431 e. The fourth-order valence-electron chi connectivity index (χ4n) is 2.93. The molecule has 9 nitrogen and oxygen atoms in total. The van der Waals surface area contributed by atoms with Crippen LogP contribution >= 0.6 is 11.6 Å². The molecule has 0 saturated carbocycles. The molecule has 0 spiro atoms. The maximum absolute atomic E-state index is 14.7. The lowest BCUT2D eigenvalue weighted by Crippen LogP contribution is -2.41. The van der Waals surface area contributed by atoms with Gasteiger partial charge in [0.15, 0.2) is 11.9 Å². The number of aromatic nitrogens is 3. The molecule has 0 aliphatic rings. The van der Waals surface area contributed by atoms with E-state index in [0.717, 1.165) is 20.2 Å². The zero-order valence-electron chi connectivity index (χ0n) is 18.2. The van der Waals surface area contributed by atoms with E-state index in [0.29, 0.717) is 6.07 Å². The number of ether oxygens (including phenoxy) is 3. The Bertz CT molecular complexity index is 1400. The first-order valence-electron chi connectivity index (χ1n) is 9.62. The molecule has 0 aliphatic heterocycles. The van der Waals surface area contributed by atoms with Crippen LogP contribution in [0.2, 0.25) is 5.02 Å². The van der Waals surface area contributed by atoms with Crippen LogP contribution in [0.5, 0.6) is 17.4 Å². The second-order valence-electron chi connectivity index (χ2n) is 6.97. The Labute approximate surface area is 199 Å². The SMILES string of the molecule is COC(=O)C(C)Oc1ncccc1Oc1cc(-n2c(=O)cc(C(F)(F)F)n(C)c2=O)c(F)cc1Cl. The highest BCUT2D eigenvalue weighted by Crippen LogP contribution is 2.36. The van der Waals surface area contributed by atoms with Crippen LogP contribution < -0.4 is 20.7 Å². The molecule has 0 amide bonds. The van der Waals surface area contributed by atoms with E-state index in [-0.39, 0.29) is 37.6 Å². The van der Waals surface area contributed by atoms with E-state index in [1.165, 1.54) is 25.3 Å². The lowest BCUT2D eigenvalue weighted by Gasteiger charge is -2.17. The third-order valence-electron chi connectivity index (χ3n) is 4.63. The van der Waals surface area contributed by atoms with E-state index in [4.69, 9.17) is 21.1 Å². The number of methoxy groups -OCH3 is 1. The molecule has 35 heavy (non-hydrogen) atoms. The summed E-state index contributed by atoms with van der Waals surface area (Å²) in [6.45, 7) is 1.39. The summed E-state index contributed by atoms with van der Waals surface area (Å²) in [5.41, 5.74) is -5.09. The minimum absolute atomic E-state index is 0.0876. The summed E-state index contributed by atoms with van der Waals surface area (Å²) in [7, 11) is 1.94. The predicted molar refractivity (Wildman–Crippen MR) is 114 cm³/mol. The number of pyridine rings is 1. The Balaban J connectivity index is 2.09. The predicted octanol–water partition coefficient (Wildman–Crippen LogP) is 3.48. The van der Waals surface area contributed by atoms with Gasteiger partial charge in [-0.3, -0.25) is 9.36 Å². The van der Waals surface area contributed by atoms with Gasteiger partial charge in [-0.2, -0.15) is 13.2 Å². The molecule has 1 aromatic carbocycles. The van der Waals surface area contributed by atoms with Crippen LogP contribution in [0.1, 0.15) is 12.6 Å². The van der Waals surface area contributed by atoms with Crippen molar-refractivity contribution in [2.24, 2.45) is 7.05 Å². The summed E-state index contributed by atoms with van der Waals surface area (Å²) in [5.74, 6) is -2.43. The van der Waals surface area contributed by atoms with Crippen molar-refractivity contribution in [1.29, 1.82) is 0 Å². The summed E-state index contributed by atoms with van der Waals surface area (Å²) in [6, 6.07) is 4.55. The maximum atomic E-state index is 14.7. The van der Waals surface area contributed by atoms with E-state index >= 15 is 0 Å². The topological polar surface area (TPSA) is 102 Å². The highest BCUT2D eigenvalue weighted by Gasteiger charge is 2.35. The number of alkyl halides is 3. The first kappa shape index (κ1) is 25.7. The van der Waals surface area contributed by atoms with Gasteiger partial charge in [-0.1, -0.05) is 11.6 Å². The van der Waals surface area contributed by atoms with Gasteiger partial charge < -0.3 is 14.2 Å². The third-order valence-corrected chi connectivity index (χ3v) is 4.93. The molecule has 1 unspecified atom stereocenters. The van der Waals surface area contributed by atoms with Gasteiger partial charge in [0.05, 0.1) is 17.8 Å². The molecule has 0 saturated heterocycles. The van der Waals surface area contributed by atoms with Crippen LogP contribution in [0.3, 0.4) is 0 Å². The van der Waals surface area contributed by atoms with E-state index < -0.39 is 46.7 Å². The molecule has 0 radical (unpaired) electrons. The Morgan fingerprint density at radius 3 is 2.49 bits per heavy atom. The molecule has 2 heterocycles. The standard InChI is InChI=1S/C21H16ClF4N3O6/c1-10(19(31)33-3)34-18-14(5-4-6-27-18)35-15-8-13(12(23)7-11(15)22)29-17(30)9-16(21(24,25)26)28(2)20(29)32/h4-10H,1-3H3.